The second-order valence-corrected chi connectivity index (χ2v) is 24.6. The van der Waals surface area contributed by atoms with Crippen LogP contribution in [-0.2, 0) is 38.0 Å². The monoisotopic (exact) mass is 1600 g/mol. The summed E-state index contributed by atoms with van der Waals surface area (Å²) in [5, 5.41) is 260. The van der Waals surface area contributed by atoms with Gasteiger partial charge in [-0.3, -0.25) is 0 Å². The zero-order valence-corrected chi connectivity index (χ0v) is 56.5. The van der Waals surface area contributed by atoms with Gasteiger partial charge in [0.15, 0.2) is 150 Å². The molecule has 2 aliphatic carbocycles. The van der Waals surface area contributed by atoms with Gasteiger partial charge in [-0.2, -0.15) is 0 Å². The first-order valence-electron chi connectivity index (χ1n) is 31.4. The molecule has 26 N–H and O–H groups in total. The Morgan fingerprint density at radius 1 is 0.237 bits per heavy atom. The number of carboxylic acids is 2. The highest BCUT2D eigenvalue weighted by Crippen LogP contribution is 2.47. The van der Waals surface area contributed by atoms with Crippen molar-refractivity contribution in [3.05, 3.63) is 142 Å². The van der Waals surface area contributed by atoms with E-state index in [2.05, 4.69) is 0 Å². The van der Waals surface area contributed by atoms with Gasteiger partial charge in [-0.1, -0.05) is 0 Å². The number of rotatable bonds is 18. The molecule has 114 heavy (non-hydrogen) atoms. The Labute approximate surface area is 629 Å². The maximum Gasteiger partial charge on any atom is 0.344 e. The van der Waals surface area contributed by atoms with Crippen LogP contribution in [0.2, 0.25) is 0 Å². The molecule has 2 aliphatic rings. The van der Waals surface area contributed by atoms with Crippen LogP contribution in [0.3, 0.4) is 0 Å². The Morgan fingerprint density at radius 3 is 0.632 bits per heavy atom. The van der Waals surface area contributed by atoms with Gasteiger partial charge in [0, 0.05) is 25.7 Å². The fraction of sp³-hybridized carbons (Fsp3) is 0.171. The van der Waals surface area contributed by atoms with E-state index < -0.39 is 316 Å². The van der Waals surface area contributed by atoms with Crippen molar-refractivity contribution in [2.75, 3.05) is 0 Å². The van der Waals surface area contributed by atoms with Crippen LogP contribution >= 0.6 is 0 Å². The van der Waals surface area contributed by atoms with Gasteiger partial charge in [0.05, 0.1) is 44.5 Å². The van der Waals surface area contributed by atoms with E-state index in [9.17, 15) is 181 Å². The molecule has 0 aromatic heterocycles. The zero-order chi connectivity index (χ0) is 84.5. The van der Waals surface area contributed by atoms with Crippen LogP contribution in [0, 0.1) is 0 Å². The van der Waals surface area contributed by atoms with Gasteiger partial charge >= 0.3 is 59.7 Å². The Bertz CT molecular complexity index is 5150. The molecule has 10 rings (SSSR count). The Kier molecular flexibility index (Phi) is 22.8. The van der Waals surface area contributed by atoms with Crippen LogP contribution in [0.15, 0.2) is 97.1 Å². The first-order valence-corrected chi connectivity index (χ1v) is 31.4. The molecule has 0 saturated heterocycles. The Morgan fingerprint density at radius 2 is 0.412 bits per heavy atom. The summed E-state index contributed by atoms with van der Waals surface area (Å²) in [7, 11) is 0. The van der Waals surface area contributed by atoms with Crippen LogP contribution in [0.5, 0.6) is 138 Å². The molecule has 2 saturated carbocycles. The topological polar surface area (TPSA) is 771 Å². The minimum atomic E-state index is -2.95. The van der Waals surface area contributed by atoms with Crippen molar-refractivity contribution >= 4 is 59.7 Å². The number of carbonyl (C=O) groups is 10. The van der Waals surface area contributed by atoms with E-state index >= 15 is 0 Å². The van der Waals surface area contributed by atoms with Crippen LogP contribution in [0.1, 0.15) is 109 Å². The maximum atomic E-state index is 13.6. The van der Waals surface area contributed by atoms with Gasteiger partial charge in [0.25, 0.3) is 0 Å². The fourth-order valence-corrected chi connectivity index (χ4v) is 11.0. The summed E-state index contributed by atoms with van der Waals surface area (Å²) >= 11 is 0. The molecule has 0 radical (unpaired) electrons. The molecule has 0 bridgehead atoms. The number of aromatic hydroxyl groups is 22. The molecule has 8 aromatic carbocycles. The third-order valence-electron chi connectivity index (χ3n) is 16.7. The molecule has 0 aliphatic heterocycles. The second-order valence-electron chi connectivity index (χ2n) is 24.6. The first kappa shape index (κ1) is 82.0. The van der Waals surface area contributed by atoms with E-state index in [1.807, 2.05) is 0 Å². The van der Waals surface area contributed by atoms with Crippen LogP contribution in [-0.4, -0.2) is 240 Å². The van der Waals surface area contributed by atoms with E-state index in [1.165, 1.54) is 0 Å². The normalized spacial score (nSPS) is 18.9. The number of benzene rings is 8. The number of hydrogen-bond acceptors (Lipinski definition) is 42. The first-order chi connectivity index (χ1) is 53.2. The molecular weight excluding hydrogens is 1540 g/mol. The predicted molar refractivity (Wildman–Crippen MR) is 357 cm³/mol. The lowest BCUT2D eigenvalue weighted by molar-refractivity contribution is -0.188. The van der Waals surface area contributed by atoms with Gasteiger partial charge < -0.3 is 171 Å². The molecule has 0 spiro atoms. The van der Waals surface area contributed by atoms with E-state index in [0.717, 1.165) is 0 Å². The van der Waals surface area contributed by atoms with Gasteiger partial charge in [-0.15, -0.1) is 0 Å². The molecule has 600 valence electrons. The molecule has 44 heteroatoms. The van der Waals surface area contributed by atoms with Crippen LogP contribution < -0.4 is 9.47 Å². The molecule has 0 heterocycles. The van der Waals surface area contributed by atoms with Crippen molar-refractivity contribution in [2.24, 2.45) is 0 Å². The van der Waals surface area contributed by atoms with E-state index in [-0.39, 0.29) is 0 Å². The largest absolute Gasteiger partial charge is 0.504 e. The summed E-state index contributed by atoms with van der Waals surface area (Å²) in [6.45, 7) is 0. The lowest BCUT2D eigenvalue weighted by Crippen LogP contribution is -2.59. The second kappa shape index (κ2) is 31.7. The van der Waals surface area contributed by atoms with Crippen molar-refractivity contribution in [1.82, 2.24) is 0 Å². The van der Waals surface area contributed by atoms with Gasteiger partial charge in [-0.05, 0) is 97.1 Å². The van der Waals surface area contributed by atoms with E-state index in [0.29, 0.717) is 97.1 Å². The van der Waals surface area contributed by atoms with E-state index in [4.69, 9.17) is 37.9 Å². The molecular formula is C70H56O44. The number of carboxylic acid groups (broad SMARTS) is 2. The zero-order valence-electron chi connectivity index (χ0n) is 56.5. The molecule has 0 unspecified atom stereocenters. The SMILES string of the molecule is O=C(Oc1c(O)cc(C(=O)O[C@@H]2C[C@@](O)(C(=O)O)C[C@@H](OC(=O)c3cc(O)c(O)c(O)c3)[C@@H]2OC(=O)c2cc(O)c(O)c(O)c2)cc1O)c1cc(O)c(O)c(O)c1.O=C(Oc1cc(C(=O)O[C@@H]2C[C@@](O)(C(=O)O)C[C@@H](OC(=O)c3cc(O)c(O)c(O)c3)[C@@H]2OC(=O)c2cc(O)c(O)c(O)c2)cc(O)c1O)c1cc(O)c(O)c(O)c1. The summed E-state index contributed by atoms with van der Waals surface area (Å²) in [6, 6.07) is 9.82. The number of carbonyl (C=O) groups excluding carboxylic acids is 8. The highest BCUT2D eigenvalue weighted by atomic mass is 16.6. The smallest absolute Gasteiger partial charge is 0.344 e. The standard InChI is InChI=1S/2C35H28O22/c36-15-1-11(2-16(37)25(15)44)30(47)54-23-9-35(53,34(51)52)10-24(29(23)57-33(50)13-5-19(40)27(46)20(41)6-13)55-31(48)14-7-21(42)28(22(43)8-14)56-32(49)12-3-17(38)26(45)18(39)4-12;36-15-1-11(2-16(37)25(15)43)30(47)54-22-8-14(7-21(42)28(22)46)32(49)56-24-10-35(53,34(51)52)9-23(55-31(48)12-3-17(38)26(44)18(39)4-12)29(24)57-33(50)13-5-19(40)27(45)20(41)6-13/h2*1-8,23-24,29,36-46,53H,9-10H2,(H,51,52)/t2*23-,24-,29+,35-/m11/s1. The average molecular weight is 1600 g/mol. The van der Waals surface area contributed by atoms with Crippen molar-refractivity contribution in [1.29, 1.82) is 0 Å². The molecule has 0 amide bonds. The average Bonchev–Trinajstić information content (AvgIpc) is 0.778. The summed E-state index contributed by atoms with van der Waals surface area (Å²) in [5.74, 6) is -40.4. The van der Waals surface area contributed by atoms with Crippen molar-refractivity contribution in [2.45, 2.75) is 73.5 Å². The lowest BCUT2D eigenvalue weighted by atomic mass is 9.79. The quantitative estimate of drug-likeness (QED) is 0.0254. The summed E-state index contributed by atoms with van der Waals surface area (Å²) < 4.78 is 42.0. The lowest BCUT2D eigenvalue weighted by Gasteiger charge is -2.42. The summed E-state index contributed by atoms with van der Waals surface area (Å²) in [4.78, 5) is 130. The summed E-state index contributed by atoms with van der Waals surface area (Å²) in [6.07, 6.45) is -17.2. The molecule has 44 nitrogen and oxygen atoms in total. The third kappa shape index (κ3) is 17.3. The van der Waals surface area contributed by atoms with Crippen molar-refractivity contribution in [3.8, 4) is 138 Å². The number of esters is 8. The molecule has 2 fully saturated rings. The fourth-order valence-electron chi connectivity index (χ4n) is 11.0. The minimum absolute atomic E-state index is 0.559. The van der Waals surface area contributed by atoms with Gasteiger partial charge in [-0.25, -0.2) is 47.9 Å². The van der Waals surface area contributed by atoms with Gasteiger partial charge in [0.2, 0.25) is 11.5 Å². The maximum absolute atomic E-state index is 13.6. The van der Waals surface area contributed by atoms with Crippen LogP contribution in [0.4, 0.5) is 0 Å². The van der Waals surface area contributed by atoms with Crippen molar-refractivity contribution < 1.29 is 219 Å². The number of aliphatic hydroxyl groups is 2. The van der Waals surface area contributed by atoms with Crippen molar-refractivity contribution in [3.63, 3.8) is 0 Å². The number of ether oxygens (including phenoxy) is 8. The Balaban J connectivity index is 0.000000261. The number of phenolic OH excluding ortho intramolecular Hbond substituents is 22. The highest BCUT2D eigenvalue weighted by molar-refractivity contribution is 5.98. The summed E-state index contributed by atoms with van der Waals surface area (Å²) in [5.41, 5.74) is -11.3. The number of hydrogen-bond donors (Lipinski definition) is 26. The third-order valence-corrected chi connectivity index (χ3v) is 16.7. The Hall–Kier alpha value is -16.0. The minimum Gasteiger partial charge on any atom is -0.504 e. The van der Waals surface area contributed by atoms with Crippen LogP contribution in [0.25, 0.3) is 0 Å². The van der Waals surface area contributed by atoms with Gasteiger partial charge in [0.1, 0.15) is 24.4 Å². The number of phenols is 22. The molecule has 8 atom stereocenters. The highest BCUT2D eigenvalue weighted by Gasteiger charge is 2.57. The molecule has 8 aromatic rings. The van der Waals surface area contributed by atoms with E-state index in [1.54, 1.807) is 0 Å². The number of aliphatic carboxylic acids is 2. The predicted octanol–water partition coefficient (Wildman–Crippen LogP) is 2.51.